The number of piperidine rings is 1. The van der Waals surface area contributed by atoms with Gasteiger partial charge in [0.25, 0.3) is 0 Å². The van der Waals surface area contributed by atoms with Crippen LogP contribution >= 0.6 is 11.8 Å². The van der Waals surface area contributed by atoms with Crippen LogP contribution < -0.4 is 0 Å². The van der Waals surface area contributed by atoms with Crippen LogP contribution in [0.15, 0.2) is 4.99 Å². The first-order valence-electron chi connectivity index (χ1n) is 8.61. The topological polar surface area (TPSA) is 39.2 Å². The summed E-state index contributed by atoms with van der Waals surface area (Å²) in [6, 6.07) is 0.424. The molecule has 0 aromatic rings. The van der Waals surface area contributed by atoms with Crippen molar-refractivity contribution < 1.29 is 4.79 Å². The summed E-state index contributed by atoms with van der Waals surface area (Å²) in [5.74, 6) is 0.321. The van der Waals surface area contributed by atoms with Crippen molar-refractivity contribution in [2.24, 2.45) is 4.99 Å². The first-order chi connectivity index (χ1) is 10.6. The van der Waals surface area contributed by atoms with Crippen LogP contribution in [0.4, 0.5) is 0 Å². The maximum absolute atomic E-state index is 12.5. The van der Waals surface area contributed by atoms with Crippen molar-refractivity contribution in [3.8, 4) is 0 Å². The molecule has 124 valence electrons. The first kappa shape index (κ1) is 16.1. The second-order valence-electron chi connectivity index (χ2n) is 6.75. The fraction of sp³-hybridized carbons (Fsp3) is 0.875. The predicted molar refractivity (Wildman–Crippen MR) is 92.4 cm³/mol. The number of amides is 1. The number of thioether (sulfide) groups is 1. The molecule has 0 aliphatic carbocycles. The molecule has 3 rings (SSSR count). The van der Waals surface area contributed by atoms with E-state index in [2.05, 4.69) is 33.5 Å². The molecule has 3 heterocycles. The summed E-state index contributed by atoms with van der Waals surface area (Å²) in [5.41, 5.74) is 0. The van der Waals surface area contributed by atoms with Crippen LogP contribution in [0, 0.1) is 0 Å². The lowest BCUT2D eigenvalue weighted by Crippen LogP contribution is -2.52. The van der Waals surface area contributed by atoms with Crippen LogP contribution in [0.5, 0.6) is 0 Å². The second-order valence-corrected chi connectivity index (χ2v) is 8.15. The Morgan fingerprint density at radius 3 is 2.59 bits per heavy atom. The Hall–Kier alpha value is -0.750. The van der Waals surface area contributed by atoms with Gasteiger partial charge in [-0.3, -0.25) is 14.7 Å². The minimum absolute atomic E-state index is 0.321. The monoisotopic (exact) mass is 324 g/mol. The number of hydrogen-bond acceptors (Lipinski definition) is 5. The minimum atomic E-state index is 0.321. The first-order valence-corrected chi connectivity index (χ1v) is 9.49. The van der Waals surface area contributed by atoms with Crippen molar-refractivity contribution in [3.05, 3.63) is 0 Å². The molecule has 0 unspecified atom stereocenters. The molecule has 3 aliphatic rings. The Morgan fingerprint density at radius 2 is 1.95 bits per heavy atom. The van der Waals surface area contributed by atoms with Gasteiger partial charge in [0.1, 0.15) is 0 Å². The summed E-state index contributed by atoms with van der Waals surface area (Å²) in [6.45, 7) is 10.9. The molecule has 0 radical (unpaired) electrons. The maximum atomic E-state index is 12.5. The lowest BCUT2D eigenvalue weighted by atomic mass is 10.0. The SMILES string of the molecule is C[C@@H]1CCCCN1C(=O)CN1CCN(C2=NC[C@H](C)S2)CC1. The highest BCUT2D eigenvalue weighted by Gasteiger charge is 2.28. The lowest BCUT2D eigenvalue weighted by molar-refractivity contribution is -0.136. The van der Waals surface area contributed by atoms with Crippen molar-refractivity contribution in [1.29, 1.82) is 0 Å². The van der Waals surface area contributed by atoms with Crippen LogP contribution in [0.2, 0.25) is 0 Å². The largest absolute Gasteiger partial charge is 0.349 e. The molecule has 3 aliphatic heterocycles. The zero-order chi connectivity index (χ0) is 15.5. The molecule has 2 saturated heterocycles. The number of piperazine rings is 1. The van der Waals surface area contributed by atoms with E-state index in [1.165, 1.54) is 18.0 Å². The van der Waals surface area contributed by atoms with Gasteiger partial charge in [0.2, 0.25) is 5.91 Å². The zero-order valence-electron chi connectivity index (χ0n) is 13.8. The van der Waals surface area contributed by atoms with Crippen LogP contribution in [0.25, 0.3) is 0 Å². The minimum Gasteiger partial charge on any atom is -0.349 e. The molecule has 6 heteroatoms. The summed E-state index contributed by atoms with van der Waals surface area (Å²) < 4.78 is 0. The molecule has 0 bridgehead atoms. The van der Waals surface area contributed by atoms with E-state index in [-0.39, 0.29) is 0 Å². The number of likely N-dealkylation sites (tertiary alicyclic amines) is 1. The standard InChI is InChI=1S/C16H28N4OS/c1-13-5-3-4-6-20(13)15(21)12-18-7-9-19(10-8-18)16-17-11-14(2)22-16/h13-14H,3-12H2,1-2H3/t13-,14+/m1/s1. The Labute approximate surface area is 138 Å². The second kappa shape index (κ2) is 7.21. The molecular formula is C16H28N4OS. The third kappa shape index (κ3) is 3.77. The summed E-state index contributed by atoms with van der Waals surface area (Å²) in [5, 5.41) is 1.83. The third-order valence-electron chi connectivity index (χ3n) is 4.92. The molecule has 22 heavy (non-hydrogen) atoms. The Kier molecular flexibility index (Phi) is 5.29. The maximum Gasteiger partial charge on any atom is 0.236 e. The van der Waals surface area contributed by atoms with Gasteiger partial charge in [0.15, 0.2) is 5.17 Å². The van der Waals surface area contributed by atoms with E-state index < -0.39 is 0 Å². The van der Waals surface area contributed by atoms with Crippen molar-refractivity contribution in [1.82, 2.24) is 14.7 Å². The summed E-state index contributed by atoms with van der Waals surface area (Å²) >= 11 is 1.89. The van der Waals surface area contributed by atoms with E-state index >= 15 is 0 Å². The van der Waals surface area contributed by atoms with Gasteiger partial charge in [-0.1, -0.05) is 18.7 Å². The lowest BCUT2D eigenvalue weighted by Gasteiger charge is -2.38. The van der Waals surface area contributed by atoms with Gasteiger partial charge in [0, 0.05) is 44.0 Å². The van der Waals surface area contributed by atoms with Crippen molar-refractivity contribution in [2.45, 2.75) is 44.4 Å². The zero-order valence-corrected chi connectivity index (χ0v) is 14.6. The molecule has 0 aromatic carbocycles. The van der Waals surface area contributed by atoms with E-state index in [9.17, 15) is 4.79 Å². The molecule has 0 saturated carbocycles. The van der Waals surface area contributed by atoms with E-state index in [1.54, 1.807) is 0 Å². The number of nitrogens with zero attached hydrogens (tertiary/aromatic N) is 4. The quantitative estimate of drug-likeness (QED) is 0.772. The third-order valence-corrected chi connectivity index (χ3v) is 6.06. The summed E-state index contributed by atoms with van der Waals surface area (Å²) in [4.78, 5) is 23.9. The Morgan fingerprint density at radius 1 is 1.18 bits per heavy atom. The van der Waals surface area contributed by atoms with Crippen molar-refractivity contribution in [3.63, 3.8) is 0 Å². The molecule has 2 fully saturated rings. The van der Waals surface area contributed by atoms with Gasteiger partial charge >= 0.3 is 0 Å². The van der Waals surface area contributed by atoms with Crippen LogP contribution in [0.3, 0.4) is 0 Å². The molecule has 0 aromatic heterocycles. The number of hydrogen-bond donors (Lipinski definition) is 0. The number of amidine groups is 1. The van der Waals surface area contributed by atoms with Gasteiger partial charge in [-0.15, -0.1) is 0 Å². The van der Waals surface area contributed by atoms with Crippen LogP contribution in [-0.2, 0) is 4.79 Å². The van der Waals surface area contributed by atoms with Crippen molar-refractivity contribution in [2.75, 3.05) is 45.8 Å². The molecule has 2 atom stereocenters. The smallest absolute Gasteiger partial charge is 0.236 e. The highest BCUT2D eigenvalue weighted by atomic mass is 32.2. The molecule has 1 amide bonds. The van der Waals surface area contributed by atoms with Gasteiger partial charge in [-0.2, -0.15) is 0 Å². The van der Waals surface area contributed by atoms with E-state index in [0.29, 0.717) is 23.7 Å². The number of rotatable bonds is 2. The molecule has 0 spiro atoms. The number of carbonyl (C=O) groups excluding carboxylic acids is 1. The van der Waals surface area contributed by atoms with E-state index in [1.807, 2.05) is 11.8 Å². The fourth-order valence-corrected chi connectivity index (χ4v) is 4.47. The fourth-order valence-electron chi connectivity index (χ4n) is 3.48. The van der Waals surface area contributed by atoms with Crippen LogP contribution in [-0.4, -0.2) is 82.9 Å². The Balaban J connectivity index is 1.44. The predicted octanol–water partition coefficient (Wildman–Crippen LogP) is 1.50. The Bertz CT molecular complexity index is 434. The summed E-state index contributed by atoms with van der Waals surface area (Å²) in [6.07, 6.45) is 3.59. The number of aliphatic imine (C=N–C) groups is 1. The molecule has 0 N–H and O–H groups in total. The molecule has 5 nitrogen and oxygen atoms in total. The highest BCUT2D eigenvalue weighted by molar-refractivity contribution is 8.14. The van der Waals surface area contributed by atoms with Gasteiger partial charge in [0.05, 0.1) is 13.1 Å². The van der Waals surface area contributed by atoms with Gasteiger partial charge in [-0.05, 0) is 26.2 Å². The molecular weight excluding hydrogens is 296 g/mol. The van der Waals surface area contributed by atoms with Gasteiger partial charge < -0.3 is 9.80 Å². The number of carbonyl (C=O) groups is 1. The van der Waals surface area contributed by atoms with Crippen molar-refractivity contribution >= 4 is 22.8 Å². The van der Waals surface area contributed by atoms with E-state index in [4.69, 9.17) is 0 Å². The van der Waals surface area contributed by atoms with Crippen LogP contribution in [0.1, 0.15) is 33.1 Å². The average Bonchev–Trinajstić information content (AvgIpc) is 2.95. The summed E-state index contributed by atoms with van der Waals surface area (Å²) in [7, 11) is 0. The normalized spacial score (nSPS) is 30.5. The van der Waals surface area contributed by atoms with E-state index in [0.717, 1.165) is 45.7 Å². The highest BCUT2D eigenvalue weighted by Crippen LogP contribution is 2.23. The van der Waals surface area contributed by atoms with Gasteiger partial charge in [-0.25, -0.2) is 0 Å². The average molecular weight is 324 g/mol.